The minimum atomic E-state index is -1.31. The average molecular weight is 541 g/mol. The first-order valence-corrected chi connectivity index (χ1v) is 12.5. The highest BCUT2D eigenvalue weighted by molar-refractivity contribution is 8.01. The summed E-state index contributed by atoms with van der Waals surface area (Å²) < 4.78 is 0. The molecule has 0 radical (unpaired) electrons. The number of anilines is 1. The third kappa shape index (κ3) is 4.80. The first-order chi connectivity index (χ1) is 16.7. The molecule has 1 fully saturated rings. The quantitative estimate of drug-likeness (QED) is 0.0837. The molecule has 18 heteroatoms. The molecule has 0 unspecified atom stereocenters. The molecule has 35 heavy (non-hydrogen) atoms. The summed E-state index contributed by atoms with van der Waals surface area (Å²) >= 11 is 3.36. The number of thiazole rings is 1. The van der Waals surface area contributed by atoms with Crippen LogP contribution in [0.15, 0.2) is 36.6 Å². The van der Waals surface area contributed by atoms with E-state index in [1.165, 1.54) is 24.3 Å². The number of hydrogen-bond acceptors (Lipinski definition) is 13. The Morgan fingerprint density at radius 1 is 1.40 bits per heavy atom. The third-order valence-electron chi connectivity index (χ3n) is 4.77. The van der Waals surface area contributed by atoms with Gasteiger partial charge >= 0.3 is 17.1 Å². The van der Waals surface area contributed by atoms with E-state index in [-0.39, 0.29) is 38.9 Å². The van der Waals surface area contributed by atoms with Gasteiger partial charge in [-0.1, -0.05) is 16.9 Å². The average Bonchev–Trinajstić information content (AvgIpc) is 3.26. The highest BCUT2D eigenvalue weighted by Gasteiger charge is 2.54. The number of nitrogens with zero attached hydrogens (tertiary/aromatic N) is 4. The summed E-state index contributed by atoms with van der Waals surface area (Å²) in [5.41, 5.74) is 4.01. The van der Waals surface area contributed by atoms with Gasteiger partial charge in [-0.05, 0) is 5.57 Å². The Hall–Kier alpha value is -3.64. The van der Waals surface area contributed by atoms with Gasteiger partial charge in [0, 0.05) is 16.9 Å². The predicted octanol–water partition coefficient (Wildman–Crippen LogP) is -1.62. The highest BCUT2D eigenvalue weighted by Crippen LogP contribution is 2.41. The van der Waals surface area contributed by atoms with Crippen molar-refractivity contribution in [3.63, 3.8) is 0 Å². The molecule has 6 N–H and O–H groups in total. The summed E-state index contributed by atoms with van der Waals surface area (Å²) in [6, 6.07) is -0.994. The number of aromatic nitrogens is 4. The molecule has 0 bridgehead atoms. The van der Waals surface area contributed by atoms with Gasteiger partial charge in [-0.25, -0.2) is 14.9 Å². The Bertz CT molecular complexity index is 1380. The zero-order valence-electron chi connectivity index (χ0n) is 17.6. The van der Waals surface area contributed by atoms with Gasteiger partial charge in [-0.15, -0.1) is 28.2 Å². The zero-order chi connectivity index (χ0) is 25.3. The lowest BCUT2D eigenvalue weighted by Gasteiger charge is -2.49. The molecular formula is C17H16N8O7S3. The van der Waals surface area contributed by atoms with E-state index < -0.39 is 40.3 Å². The van der Waals surface area contributed by atoms with Crippen molar-refractivity contribution in [3.05, 3.63) is 43.1 Å². The molecule has 0 spiro atoms. The number of fused-ring (bicyclic) bond motifs is 1. The number of H-pyrrole nitrogens is 2. The van der Waals surface area contributed by atoms with Crippen molar-refractivity contribution in [2.24, 2.45) is 5.16 Å². The second kappa shape index (κ2) is 9.92. The summed E-state index contributed by atoms with van der Waals surface area (Å²) in [6.07, 6.45) is 0. The fraction of sp³-hybridized carbons (Fsp3) is 0.294. The van der Waals surface area contributed by atoms with Crippen LogP contribution in [0.1, 0.15) is 5.69 Å². The first kappa shape index (κ1) is 24.5. The normalized spacial score (nSPS) is 19.7. The summed E-state index contributed by atoms with van der Waals surface area (Å²) in [7, 11) is 1.25. The maximum Gasteiger partial charge on any atom is 0.352 e. The van der Waals surface area contributed by atoms with Crippen LogP contribution in [0, 0.1) is 0 Å². The van der Waals surface area contributed by atoms with Crippen LogP contribution >= 0.6 is 34.9 Å². The van der Waals surface area contributed by atoms with Crippen molar-refractivity contribution < 1.29 is 24.3 Å². The topological polar surface area (TPSA) is 226 Å². The number of carboxylic acids is 1. The van der Waals surface area contributed by atoms with Crippen LogP contribution in [-0.2, 0) is 19.2 Å². The molecule has 0 saturated carbocycles. The molecular weight excluding hydrogens is 524 g/mol. The monoisotopic (exact) mass is 540 g/mol. The Morgan fingerprint density at radius 2 is 2.17 bits per heavy atom. The number of carboxylic acid groups (broad SMARTS) is 1. The maximum absolute atomic E-state index is 12.9. The molecule has 2 aromatic heterocycles. The molecule has 2 aliphatic rings. The molecule has 0 aromatic carbocycles. The minimum absolute atomic E-state index is 0.0895. The SMILES string of the molecule is CON=C(C(=O)N[C@@H]1C(=O)N2C(C(=O)O)=C(CSc3n[nH]c(=O)c(=O)[nH]3)CS[C@H]12)c1csc(N)n1. The molecule has 4 rings (SSSR count). The maximum atomic E-state index is 12.9. The van der Waals surface area contributed by atoms with E-state index in [1.807, 2.05) is 5.10 Å². The first-order valence-electron chi connectivity index (χ1n) is 9.56. The molecule has 2 aromatic rings. The van der Waals surface area contributed by atoms with Crippen LogP contribution in [-0.4, -0.2) is 83.7 Å². The number of nitrogen functional groups attached to an aromatic ring is 1. The number of hydrogen-bond donors (Lipinski definition) is 5. The predicted molar refractivity (Wildman–Crippen MR) is 126 cm³/mol. The lowest BCUT2D eigenvalue weighted by atomic mass is 10.0. The molecule has 2 atom stereocenters. The van der Waals surface area contributed by atoms with Crippen LogP contribution in [0.5, 0.6) is 0 Å². The summed E-state index contributed by atoms with van der Waals surface area (Å²) in [6.45, 7) is 0. The van der Waals surface area contributed by atoms with E-state index in [0.717, 1.165) is 28.0 Å². The van der Waals surface area contributed by atoms with Gasteiger partial charge in [-0.2, -0.15) is 0 Å². The number of oxime groups is 1. The second-order valence-electron chi connectivity index (χ2n) is 6.91. The molecule has 15 nitrogen and oxygen atoms in total. The Kier molecular flexibility index (Phi) is 6.94. The Balaban J connectivity index is 1.50. The van der Waals surface area contributed by atoms with E-state index in [0.29, 0.717) is 5.57 Å². The third-order valence-corrected chi connectivity index (χ3v) is 7.74. The van der Waals surface area contributed by atoms with E-state index in [2.05, 4.69) is 25.5 Å². The van der Waals surface area contributed by atoms with E-state index in [9.17, 15) is 29.1 Å². The fourth-order valence-corrected chi connectivity index (χ4v) is 6.10. The number of carbonyl (C=O) groups is 3. The van der Waals surface area contributed by atoms with Crippen molar-refractivity contribution in [1.82, 2.24) is 30.4 Å². The van der Waals surface area contributed by atoms with Crippen molar-refractivity contribution in [1.29, 1.82) is 0 Å². The summed E-state index contributed by atoms with van der Waals surface area (Å²) in [5.74, 6) is -2.32. The van der Waals surface area contributed by atoms with E-state index in [4.69, 9.17) is 10.6 Å². The zero-order valence-corrected chi connectivity index (χ0v) is 20.1. The van der Waals surface area contributed by atoms with Gasteiger partial charge in [0.25, 0.3) is 11.8 Å². The van der Waals surface area contributed by atoms with Crippen molar-refractivity contribution in [3.8, 4) is 0 Å². The lowest BCUT2D eigenvalue weighted by Crippen LogP contribution is -2.71. The van der Waals surface area contributed by atoms with E-state index in [1.54, 1.807) is 0 Å². The van der Waals surface area contributed by atoms with Gasteiger partial charge in [-0.3, -0.25) is 29.1 Å². The van der Waals surface area contributed by atoms with Gasteiger partial charge in [0.1, 0.15) is 29.9 Å². The number of thioether (sulfide) groups is 2. The number of nitrogens with two attached hydrogens (primary N) is 1. The number of rotatable bonds is 8. The van der Waals surface area contributed by atoms with Crippen LogP contribution in [0.2, 0.25) is 0 Å². The van der Waals surface area contributed by atoms with Crippen molar-refractivity contribution >= 4 is 63.5 Å². The van der Waals surface area contributed by atoms with Crippen molar-refractivity contribution in [2.75, 3.05) is 24.3 Å². The minimum Gasteiger partial charge on any atom is -0.477 e. The number of aliphatic carboxylic acids is 1. The Morgan fingerprint density at radius 3 is 2.80 bits per heavy atom. The number of carbonyl (C=O) groups excluding carboxylic acids is 2. The molecule has 184 valence electrons. The second-order valence-corrected chi connectivity index (χ2v) is 9.87. The lowest BCUT2D eigenvalue weighted by molar-refractivity contribution is -0.150. The van der Waals surface area contributed by atoms with Crippen LogP contribution in [0.4, 0.5) is 5.13 Å². The van der Waals surface area contributed by atoms with Gasteiger partial charge in [0.15, 0.2) is 16.0 Å². The summed E-state index contributed by atoms with van der Waals surface area (Å²) in [5, 5.41) is 22.9. The number of β-lactam (4-membered cyclic amide) rings is 1. The van der Waals surface area contributed by atoms with Crippen LogP contribution in [0.3, 0.4) is 0 Å². The van der Waals surface area contributed by atoms with Crippen molar-refractivity contribution in [2.45, 2.75) is 16.6 Å². The van der Waals surface area contributed by atoms with Gasteiger partial charge in [0.05, 0.1) is 0 Å². The molecule has 4 heterocycles. The fourth-order valence-electron chi connectivity index (χ4n) is 3.25. The largest absolute Gasteiger partial charge is 0.477 e. The molecule has 2 amide bonds. The highest BCUT2D eigenvalue weighted by atomic mass is 32.2. The van der Waals surface area contributed by atoms with Gasteiger partial charge in [0.2, 0.25) is 0 Å². The number of aromatic amines is 2. The van der Waals surface area contributed by atoms with Gasteiger partial charge < -0.3 is 21.0 Å². The number of nitrogens with one attached hydrogen (secondary N) is 3. The smallest absolute Gasteiger partial charge is 0.352 e. The van der Waals surface area contributed by atoms with Crippen LogP contribution < -0.4 is 22.2 Å². The summed E-state index contributed by atoms with van der Waals surface area (Å²) in [4.78, 5) is 72.3. The number of amides is 2. The van der Waals surface area contributed by atoms with E-state index >= 15 is 0 Å². The molecule has 1 saturated heterocycles. The molecule has 2 aliphatic heterocycles. The van der Waals surface area contributed by atoms with Crippen LogP contribution in [0.25, 0.3) is 0 Å². The Labute approximate surface area is 207 Å². The standard InChI is InChI=1S/C17H16N8O7S3/c1-32-24-7(6-4-34-16(18)19-6)10(26)20-8-13(29)25-9(15(30)31)5(2-33-14(8)25)3-35-17-21-11(27)12(28)22-23-17/h4,8,14H,2-3H2,1H3,(H2,18,19)(H,20,26)(H,22,28)(H,30,31)(H,21,23,27)/t8-,14-/m1/s1. The molecule has 0 aliphatic carbocycles.